The van der Waals surface area contributed by atoms with Crippen LogP contribution < -0.4 is 42.5 Å². The summed E-state index contributed by atoms with van der Waals surface area (Å²) in [6.07, 6.45) is -0.874. The number of anilines is 2. The minimum atomic E-state index is -3.28. The smallest absolute Gasteiger partial charge is 0.320 e. The van der Waals surface area contributed by atoms with Crippen molar-refractivity contribution >= 4 is 110 Å². The number of nitrogens with zero attached hydrogens (tertiary/aromatic N) is 10. The van der Waals surface area contributed by atoms with Gasteiger partial charge in [-0.3, -0.25) is 97.2 Å². The number of halogens is 4. The Morgan fingerprint density at radius 3 is 1.47 bits per heavy atom. The molecule has 36 nitrogen and oxygen atoms in total. The lowest BCUT2D eigenvalue weighted by molar-refractivity contribution is -0.244. The second kappa shape index (κ2) is 41.2. The van der Waals surface area contributed by atoms with Crippen LogP contribution in [0.15, 0.2) is 60.9 Å². The summed E-state index contributed by atoms with van der Waals surface area (Å²) in [6, 6.07) is 9.66. The highest BCUT2D eigenvalue weighted by molar-refractivity contribution is 6.12. The van der Waals surface area contributed by atoms with E-state index in [1.807, 2.05) is 4.90 Å². The molecule has 0 spiro atoms. The van der Waals surface area contributed by atoms with Gasteiger partial charge < -0.3 is 67.7 Å². The monoisotopic (exact) mass is 1530 g/mol. The van der Waals surface area contributed by atoms with E-state index in [0.29, 0.717) is 22.9 Å². The number of hydrogen-bond acceptors (Lipinski definition) is 23. The van der Waals surface area contributed by atoms with Gasteiger partial charge in [-0.15, -0.1) is 0 Å². The number of pyridine rings is 2. The number of carbonyl (C=O) groups excluding carboxylic acids is 10. The summed E-state index contributed by atoms with van der Waals surface area (Å²) in [7, 11) is 0. The van der Waals surface area contributed by atoms with E-state index in [2.05, 4.69) is 57.4 Å². The first-order valence-corrected chi connectivity index (χ1v) is 35.0. The summed E-state index contributed by atoms with van der Waals surface area (Å²) < 4.78 is 56.0. The second-order valence-corrected chi connectivity index (χ2v) is 26.1. The molecule has 4 aromatic rings. The Labute approximate surface area is 621 Å². The van der Waals surface area contributed by atoms with Gasteiger partial charge in [0.25, 0.3) is 23.7 Å². The molecule has 2 unspecified atom stereocenters. The molecule has 3 fully saturated rings. The maximum atomic E-state index is 14.0. The maximum absolute atomic E-state index is 14.0. The molecule has 0 bridgehead atoms. The first-order valence-electron chi connectivity index (χ1n) is 35.0. The largest absolute Gasteiger partial charge is 0.480 e. The number of fused-ring (bicyclic) bond motifs is 2. The molecule has 7 rings (SSSR count). The number of aromatic nitrogens is 2. The number of para-hydroxylation sites is 2. The predicted octanol–water partition coefficient (Wildman–Crippen LogP) is 0.0173. The Hall–Kier alpha value is -11.2. The number of carbonyl (C=O) groups is 13. The molecule has 3 aliphatic rings. The zero-order valence-corrected chi connectivity index (χ0v) is 59.3. The highest BCUT2D eigenvalue weighted by atomic mass is 19.3. The molecule has 2 aromatic carbocycles. The quantitative estimate of drug-likeness (QED) is 0.0124. The van der Waals surface area contributed by atoms with E-state index in [1.54, 1.807) is 26.8 Å². The van der Waals surface area contributed by atoms with E-state index >= 15 is 0 Å². The molecule has 5 heterocycles. The Kier molecular flexibility index (Phi) is 32.2. The first-order chi connectivity index (χ1) is 52.0. The van der Waals surface area contributed by atoms with Gasteiger partial charge in [0.15, 0.2) is 0 Å². The standard InChI is InChI=1S/C69H86F4N18O18/c70-68(71)33-43(35-74)90(41-68)58(97)37-81-64(103)47-16-19-78-62-45(47)5-3-8-49(62)83-55(94)13-12-54(93)76-18-2-1-7-51(85-57(96)15-14-56(95)84-50-9-4-6-46-48(17-20-79-63(46)50)65(104)82-38-59(98)91-42-69(72,73)34-44(91)36-75)66(105)80-22-21-77-53(92)11-10-52(67(106)107)89-29-27-87(39-60(99)100)25-23-86(31-32-109-108)24-26-88(28-30-89)40-61(101)102/h3-6,8-9,16-17,19-20,43-44,51-52,108H,1-2,7,10-15,18,21-34,37-42H2,(H,76,93)(H,77,92)(H,80,105)(H,81,103)(H,82,104)(H,83,94)(H,84,95)(H,85,96)(H,99,100)(H,101,102)(H,106,107)/t43-,44-,51?,52?/m0/s1. The van der Waals surface area contributed by atoms with Crippen LogP contribution in [0.1, 0.15) is 91.3 Å². The molecule has 109 heavy (non-hydrogen) atoms. The van der Waals surface area contributed by atoms with Crippen molar-refractivity contribution in [1.29, 1.82) is 10.5 Å². The minimum absolute atomic E-state index is 0.00795. The SMILES string of the molecule is N#C[C@@H]1CC(F)(F)CN1C(=O)CNC(=O)c1ccnc2c(NC(=O)CCC(=O)NCCCCC(NC(=O)CCC(=O)Nc3cccc4c(C(=O)NCC(=O)N5CC(F)(F)C[C@H]5C#N)ccnc34)C(=O)NCCNC(=O)CCC(C(=O)O)N3CCN(CC(=O)O)CCN(CCOO)CCN(CC(=O)O)CC3)cccc12. The van der Waals surface area contributed by atoms with Crippen molar-refractivity contribution in [3.8, 4) is 12.1 Å². The molecule has 0 aliphatic carbocycles. The molecule has 0 radical (unpaired) electrons. The van der Waals surface area contributed by atoms with Crippen LogP contribution in [0.5, 0.6) is 0 Å². The first kappa shape index (κ1) is 85.1. The van der Waals surface area contributed by atoms with Crippen molar-refractivity contribution in [2.75, 3.05) is 135 Å². The molecular weight excluding hydrogens is 1440 g/mol. The van der Waals surface area contributed by atoms with Crippen LogP contribution in [0.2, 0.25) is 0 Å². The Bertz CT molecular complexity index is 4040. The van der Waals surface area contributed by atoms with Gasteiger partial charge in [-0.25, -0.2) is 22.4 Å². The highest BCUT2D eigenvalue weighted by Crippen LogP contribution is 2.33. The summed E-state index contributed by atoms with van der Waals surface area (Å²) in [6.45, 7) is -3.02. The summed E-state index contributed by atoms with van der Waals surface area (Å²) in [5.74, 6) is -17.4. The molecule has 588 valence electrons. The molecule has 3 aliphatic heterocycles. The van der Waals surface area contributed by atoms with E-state index in [-0.39, 0.29) is 174 Å². The summed E-state index contributed by atoms with van der Waals surface area (Å²) in [5.41, 5.74) is 0.573. The number of carboxylic acid groups (broad SMARTS) is 3. The van der Waals surface area contributed by atoms with Gasteiger partial charge >= 0.3 is 17.9 Å². The second-order valence-electron chi connectivity index (χ2n) is 26.1. The fourth-order valence-electron chi connectivity index (χ4n) is 12.5. The van der Waals surface area contributed by atoms with E-state index in [9.17, 15) is 106 Å². The van der Waals surface area contributed by atoms with Crippen LogP contribution in [0.3, 0.4) is 0 Å². The van der Waals surface area contributed by atoms with Gasteiger partial charge in [0.05, 0.1) is 91.5 Å². The van der Waals surface area contributed by atoms with Crippen molar-refractivity contribution in [2.24, 2.45) is 0 Å². The molecule has 3 saturated heterocycles. The molecule has 0 saturated carbocycles. The Morgan fingerprint density at radius 1 is 0.541 bits per heavy atom. The third-order valence-electron chi connectivity index (χ3n) is 18.1. The number of amides is 10. The number of hydrogen-bond donors (Lipinski definition) is 12. The number of likely N-dealkylation sites (tertiary alicyclic amines) is 2. The summed E-state index contributed by atoms with van der Waals surface area (Å²) in [4.78, 5) is 190. The molecule has 40 heteroatoms. The minimum Gasteiger partial charge on any atom is -0.480 e. The molecular formula is C69H86F4N18O18. The van der Waals surface area contributed by atoms with Gasteiger partial charge in [0, 0.05) is 147 Å². The van der Waals surface area contributed by atoms with Crippen LogP contribution in [0.4, 0.5) is 28.9 Å². The molecule has 2 aromatic heterocycles. The van der Waals surface area contributed by atoms with Crippen molar-refractivity contribution in [3.63, 3.8) is 0 Å². The third-order valence-corrected chi connectivity index (χ3v) is 18.1. The lowest BCUT2D eigenvalue weighted by Crippen LogP contribution is -2.52. The van der Waals surface area contributed by atoms with Crippen molar-refractivity contribution in [3.05, 3.63) is 72.1 Å². The van der Waals surface area contributed by atoms with Crippen LogP contribution >= 0.6 is 0 Å². The zero-order valence-electron chi connectivity index (χ0n) is 59.3. The zero-order chi connectivity index (χ0) is 79.4. The lowest BCUT2D eigenvalue weighted by Gasteiger charge is -2.35. The van der Waals surface area contributed by atoms with Crippen LogP contribution in [-0.4, -0.2) is 297 Å². The number of unbranched alkanes of at least 4 members (excludes halogenated alkanes) is 1. The van der Waals surface area contributed by atoms with Gasteiger partial charge in [-0.05, 0) is 49.9 Å². The average molecular weight is 1530 g/mol. The third kappa shape index (κ3) is 26.6. The number of carboxylic acids is 3. The summed E-state index contributed by atoms with van der Waals surface area (Å²) >= 11 is 0. The fraction of sp³-hybridized carbons (Fsp3) is 0.522. The Morgan fingerprint density at radius 2 is 0.991 bits per heavy atom. The molecule has 10 amide bonds. The van der Waals surface area contributed by atoms with Gasteiger partial charge in [-0.1, -0.05) is 24.3 Å². The normalized spacial score (nSPS) is 17.6. The predicted molar refractivity (Wildman–Crippen MR) is 375 cm³/mol. The number of benzene rings is 2. The number of rotatable bonds is 36. The van der Waals surface area contributed by atoms with Crippen molar-refractivity contribution in [1.82, 2.24) is 71.3 Å². The van der Waals surface area contributed by atoms with E-state index in [1.165, 1.54) is 60.9 Å². The van der Waals surface area contributed by atoms with Crippen molar-refractivity contribution in [2.45, 2.75) is 107 Å². The van der Waals surface area contributed by atoms with Gasteiger partial charge in [-0.2, -0.15) is 10.5 Å². The van der Waals surface area contributed by atoms with Crippen molar-refractivity contribution < 1.29 is 105 Å². The van der Waals surface area contributed by atoms with E-state index < -0.39 is 165 Å². The Balaban J connectivity index is 0.926. The van der Waals surface area contributed by atoms with Crippen LogP contribution in [0, 0.1) is 22.7 Å². The van der Waals surface area contributed by atoms with E-state index in [0.717, 1.165) is 0 Å². The number of nitrogens with one attached hydrogen (secondary N) is 8. The maximum Gasteiger partial charge on any atom is 0.320 e. The molecule has 4 atom stereocenters. The molecule has 12 N–H and O–H groups in total. The number of alkyl halides is 4. The number of aliphatic carboxylic acids is 3. The van der Waals surface area contributed by atoms with E-state index in [4.69, 9.17) is 5.26 Å². The van der Waals surface area contributed by atoms with Crippen LogP contribution in [-0.2, 0) is 57.6 Å². The van der Waals surface area contributed by atoms with Crippen LogP contribution in [0.25, 0.3) is 21.8 Å². The highest BCUT2D eigenvalue weighted by Gasteiger charge is 2.48. The average Bonchev–Trinajstić information content (AvgIpc) is 1.62. The lowest BCUT2D eigenvalue weighted by atomic mass is 10.1. The number of nitriles is 2. The van der Waals surface area contributed by atoms with Gasteiger partial charge in [0.2, 0.25) is 47.3 Å². The van der Waals surface area contributed by atoms with Gasteiger partial charge in [0.1, 0.15) is 24.2 Å². The summed E-state index contributed by atoms with van der Waals surface area (Å²) in [5, 5.41) is 78.4. The fourth-order valence-corrected chi connectivity index (χ4v) is 12.5. The topological polar surface area (TPSA) is 501 Å².